The number of ether oxygens (including phenoxy) is 2. The Morgan fingerprint density at radius 3 is 2.77 bits per heavy atom. The van der Waals surface area contributed by atoms with E-state index < -0.39 is 0 Å². The number of hydrogen-bond acceptors (Lipinski definition) is 5. The van der Waals surface area contributed by atoms with Gasteiger partial charge in [-0.05, 0) is 42.8 Å². The molecule has 1 aromatic carbocycles. The number of benzene rings is 1. The standard InChI is InChI=1S/C24H21ClN4O2/c1-30-18-6-17(11-26-12-18)19-7-16-8-21(28-22(16)10-20(19)25)15-2-4-27-23(9-15)29-5-3-24(29)13-31-14-24/h2,4,6-12,28H,3,5,13-14H2,1H3. The average molecular weight is 433 g/mol. The summed E-state index contributed by atoms with van der Waals surface area (Å²) < 4.78 is 10.8. The van der Waals surface area contributed by atoms with E-state index in [-0.39, 0.29) is 5.54 Å². The summed E-state index contributed by atoms with van der Waals surface area (Å²) >= 11 is 6.62. The molecule has 31 heavy (non-hydrogen) atoms. The predicted octanol–water partition coefficient (Wildman–Crippen LogP) is 4.93. The SMILES string of the molecule is COc1cncc(-c2cc3cc(-c4ccnc(N5CCC56COC6)c4)[nH]c3cc2Cl)c1. The second kappa shape index (κ2) is 6.97. The van der Waals surface area contributed by atoms with Gasteiger partial charge in [0.2, 0.25) is 0 Å². The summed E-state index contributed by atoms with van der Waals surface area (Å²) in [4.78, 5) is 14.8. The van der Waals surface area contributed by atoms with E-state index >= 15 is 0 Å². The molecule has 7 heteroatoms. The Kier molecular flexibility index (Phi) is 4.20. The van der Waals surface area contributed by atoms with Gasteiger partial charge in [-0.25, -0.2) is 4.98 Å². The molecule has 0 aliphatic carbocycles. The molecule has 2 saturated heterocycles. The predicted molar refractivity (Wildman–Crippen MR) is 122 cm³/mol. The van der Waals surface area contributed by atoms with Gasteiger partial charge in [-0.1, -0.05) is 11.6 Å². The summed E-state index contributed by atoms with van der Waals surface area (Å²) in [7, 11) is 1.63. The molecule has 0 bridgehead atoms. The van der Waals surface area contributed by atoms with E-state index in [2.05, 4.69) is 38.1 Å². The molecule has 2 aliphatic heterocycles. The third kappa shape index (κ3) is 2.98. The fourth-order valence-corrected chi connectivity index (χ4v) is 4.75. The van der Waals surface area contributed by atoms with Gasteiger partial charge in [-0.15, -0.1) is 0 Å². The molecule has 1 spiro atoms. The number of anilines is 1. The van der Waals surface area contributed by atoms with Crippen molar-refractivity contribution >= 4 is 28.3 Å². The van der Waals surface area contributed by atoms with E-state index in [1.54, 1.807) is 19.5 Å². The van der Waals surface area contributed by atoms with Crippen molar-refractivity contribution in [2.45, 2.75) is 12.0 Å². The molecule has 0 saturated carbocycles. The smallest absolute Gasteiger partial charge is 0.137 e. The number of hydrogen-bond donors (Lipinski definition) is 1. The summed E-state index contributed by atoms with van der Waals surface area (Å²) in [6, 6.07) is 12.3. The van der Waals surface area contributed by atoms with Crippen molar-refractivity contribution in [3.05, 3.63) is 60.0 Å². The van der Waals surface area contributed by atoms with Gasteiger partial charge in [0.05, 0.1) is 37.1 Å². The van der Waals surface area contributed by atoms with Crippen LogP contribution in [0.5, 0.6) is 5.75 Å². The van der Waals surface area contributed by atoms with Crippen LogP contribution < -0.4 is 9.64 Å². The van der Waals surface area contributed by atoms with Gasteiger partial charge in [0.15, 0.2) is 0 Å². The van der Waals surface area contributed by atoms with Gasteiger partial charge in [0, 0.05) is 52.2 Å². The van der Waals surface area contributed by atoms with Crippen LogP contribution in [-0.2, 0) is 4.74 Å². The topological polar surface area (TPSA) is 63.3 Å². The van der Waals surface area contributed by atoms with Crippen LogP contribution in [0.25, 0.3) is 33.3 Å². The second-order valence-corrected chi connectivity index (χ2v) is 8.64. The van der Waals surface area contributed by atoms with Gasteiger partial charge in [0.25, 0.3) is 0 Å². The molecule has 0 unspecified atom stereocenters. The van der Waals surface area contributed by atoms with Crippen molar-refractivity contribution < 1.29 is 9.47 Å². The highest BCUT2D eigenvalue weighted by molar-refractivity contribution is 6.34. The molecule has 156 valence electrons. The maximum atomic E-state index is 6.62. The highest BCUT2D eigenvalue weighted by Gasteiger charge is 2.51. The summed E-state index contributed by atoms with van der Waals surface area (Å²) in [5, 5.41) is 1.75. The fourth-order valence-electron chi connectivity index (χ4n) is 4.48. The van der Waals surface area contributed by atoms with Crippen LogP contribution in [-0.4, -0.2) is 47.4 Å². The first-order chi connectivity index (χ1) is 15.1. The molecule has 6 nitrogen and oxygen atoms in total. The lowest BCUT2D eigenvalue weighted by Crippen LogP contribution is -2.71. The van der Waals surface area contributed by atoms with Crippen LogP contribution >= 0.6 is 11.6 Å². The number of halogens is 1. The molecule has 2 aliphatic rings. The van der Waals surface area contributed by atoms with Crippen LogP contribution in [0, 0.1) is 0 Å². The maximum absolute atomic E-state index is 6.62. The Morgan fingerprint density at radius 1 is 1.13 bits per heavy atom. The molecule has 0 amide bonds. The summed E-state index contributed by atoms with van der Waals surface area (Å²) in [6.45, 7) is 2.62. The number of fused-ring (bicyclic) bond motifs is 1. The first kappa shape index (κ1) is 18.7. The molecule has 0 radical (unpaired) electrons. The Morgan fingerprint density at radius 2 is 2.03 bits per heavy atom. The Balaban J connectivity index is 1.37. The fraction of sp³-hybridized carbons (Fsp3) is 0.250. The van der Waals surface area contributed by atoms with Crippen LogP contribution in [0.4, 0.5) is 5.82 Å². The van der Waals surface area contributed by atoms with Crippen molar-refractivity contribution in [2.24, 2.45) is 0 Å². The molecule has 1 N–H and O–H groups in total. The minimum absolute atomic E-state index is 0.166. The van der Waals surface area contributed by atoms with Gasteiger partial charge in [0.1, 0.15) is 11.6 Å². The second-order valence-electron chi connectivity index (χ2n) is 8.24. The molecule has 2 fully saturated rings. The lowest BCUT2D eigenvalue weighted by atomic mass is 9.82. The zero-order valence-corrected chi connectivity index (χ0v) is 17.8. The van der Waals surface area contributed by atoms with E-state index in [1.165, 1.54) is 6.42 Å². The maximum Gasteiger partial charge on any atom is 0.137 e. The van der Waals surface area contributed by atoms with Crippen LogP contribution in [0.15, 0.2) is 55.0 Å². The average Bonchev–Trinajstić information content (AvgIpc) is 3.14. The van der Waals surface area contributed by atoms with Crippen molar-refractivity contribution in [3.63, 3.8) is 0 Å². The van der Waals surface area contributed by atoms with E-state index in [1.807, 2.05) is 24.4 Å². The zero-order valence-electron chi connectivity index (χ0n) is 17.1. The number of nitrogens with one attached hydrogen (secondary N) is 1. The van der Waals surface area contributed by atoms with E-state index in [0.717, 1.165) is 58.9 Å². The monoisotopic (exact) mass is 432 g/mol. The number of H-pyrrole nitrogens is 1. The quantitative estimate of drug-likeness (QED) is 0.495. The molecule has 4 aromatic rings. The molecule has 5 heterocycles. The Labute approximate surface area is 184 Å². The lowest BCUT2D eigenvalue weighted by molar-refractivity contribution is -0.0851. The first-order valence-electron chi connectivity index (χ1n) is 10.3. The van der Waals surface area contributed by atoms with Gasteiger partial charge in [-0.2, -0.15) is 0 Å². The van der Waals surface area contributed by atoms with Crippen LogP contribution in [0.2, 0.25) is 5.02 Å². The zero-order chi connectivity index (χ0) is 21.0. The Bertz CT molecular complexity index is 1290. The summed E-state index contributed by atoms with van der Waals surface area (Å²) in [6.07, 6.45) is 6.53. The molecular formula is C24H21ClN4O2. The van der Waals surface area contributed by atoms with Crippen molar-refractivity contribution in [3.8, 4) is 28.1 Å². The summed E-state index contributed by atoms with van der Waals surface area (Å²) in [5.41, 5.74) is 5.14. The third-order valence-electron chi connectivity index (χ3n) is 6.42. The third-order valence-corrected chi connectivity index (χ3v) is 6.73. The summed E-state index contributed by atoms with van der Waals surface area (Å²) in [5.74, 6) is 1.71. The highest BCUT2D eigenvalue weighted by atomic mass is 35.5. The van der Waals surface area contributed by atoms with E-state index in [0.29, 0.717) is 10.8 Å². The van der Waals surface area contributed by atoms with E-state index in [9.17, 15) is 0 Å². The number of methoxy groups -OCH3 is 1. The van der Waals surface area contributed by atoms with Crippen molar-refractivity contribution in [2.75, 3.05) is 31.8 Å². The van der Waals surface area contributed by atoms with Gasteiger partial charge < -0.3 is 19.4 Å². The first-order valence-corrected chi connectivity index (χ1v) is 10.7. The highest BCUT2D eigenvalue weighted by Crippen LogP contribution is 2.41. The minimum atomic E-state index is 0.166. The van der Waals surface area contributed by atoms with E-state index in [4.69, 9.17) is 21.1 Å². The van der Waals surface area contributed by atoms with Crippen LogP contribution in [0.1, 0.15) is 6.42 Å². The largest absolute Gasteiger partial charge is 0.495 e. The lowest BCUT2D eigenvalue weighted by Gasteiger charge is -2.58. The molecule has 6 rings (SSSR count). The Hall–Kier alpha value is -3.09. The molecule has 3 aromatic heterocycles. The number of rotatable bonds is 4. The number of aromatic amines is 1. The normalized spacial score (nSPS) is 16.9. The number of aromatic nitrogens is 3. The molecular weight excluding hydrogens is 412 g/mol. The van der Waals surface area contributed by atoms with Crippen molar-refractivity contribution in [1.29, 1.82) is 0 Å². The van der Waals surface area contributed by atoms with Gasteiger partial charge >= 0.3 is 0 Å². The number of pyridine rings is 2. The van der Waals surface area contributed by atoms with Crippen LogP contribution in [0.3, 0.4) is 0 Å². The van der Waals surface area contributed by atoms with Gasteiger partial charge in [-0.3, -0.25) is 4.98 Å². The number of nitrogens with zero attached hydrogens (tertiary/aromatic N) is 3. The minimum Gasteiger partial charge on any atom is -0.495 e. The molecule has 0 atom stereocenters. The van der Waals surface area contributed by atoms with Crippen molar-refractivity contribution in [1.82, 2.24) is 15.0 Å².